The molecule has 0 atom stereocenters. The minimum Gasteiger partial charge on any atom is -0.380 e. The van der Waals surface area contributed by atoms with Gasteiger partial charge in [0.25, 0.3) is 5.91 Å². The summed E-state index contributed by atoms with van der Waals surface area (Å²) >= 11 is 7.22. The summed E-state index contributed by atoms with van der Waals surface area (Å²) in [6.07, 6.45) is 0. The van der Waals surface area contributed by atoms with Crippen LogP contribution < -0.4 is 5.32 Å². The molecule has 0 aliphatic carbocycles. The molecule has 0 aliphatic rings. The fourth-order valence-electron chi connectivity index (χ4n) is 1.59. The Morgan fingerprint density at radius 2 is 2.32 bits per heavy atom. The Morgan fingerprint density at radius 1 is 1.53 bits per heavy atom. The Labute approximate surface area is 137 Å². The number of carbonyl (C=O) groups is 1. The first kappa shape index (κ1) is 15.0. The average molecular weight is 452 g/mol. The molecule has 19 heavy (non-hydrogen) atoms. The van der Waals surface area contributed by atoms with E-state index in [-0.39, 0.29) is 5.91 Å². The minimum absolute atomic E-state index is 0.102. The van der Waals surface area contributed by atoms with Gasteiger partial charge in [-0.2, -0.15) is 0 Å². The number of ether oxygens (including phenoxy) is 1. The Morgan fingerprint density at radius 3 is 2.95 bits per heavy atom. The molecule has 1 N–H and O–H groups in total. The Balaban J connectivity index is 2.23. The van der Waals surface area contributed by atoms with E-state index in [4.69, 9.17) is 4.74 Å². The standard InChI is InChI=1S/C13H11BrINO2S/c1-18-6-9-10(14)3-2-4-11(9)16-13(17)8-5-12(15)19-7-8/h2-5,7H,6H2,1H3,(H,16,17). The third-order valence-electron chi connectivity index (χ3n) is 2.49. The molecule has 2 rings (SSSR count). The molecule has 6 heteroatoms. The first-order valence-electron chi connectivity index (χ1n) is 5.43. The number of thiophene rings is 1. The molecule has 1 amide bonds. The zero-order chi connectivity index (χ0) is 13.8. The van der Waals surface area contributed by atoms with E-state index in [1.165, 1.54) is 0 Å². The van der Waals surface area contributed by atoms with Crippen LogP contribution in [0, 0.1) is 2.88 Å². The monoisotopic (exact) mass is 451 g/mol. The maximum Gasteiger partial charge on any atom is 0.256 e. The van der Waals surface area contributed by atoms with Gasteiger partial charge in [-0.3, -0.25) is 4.79 Å². The molecule has 0 bridgehead atoms. The van der Waals surface area contributed by atoms with Crippen molar-refractivity contribution < 1.29 is 9.53 Å². The van der Waals surface area contributed by atoms with Crippen molar-refractivity contribution >= 4 is 61.5 Å². The highest BCUT2D eigenvalue weighted by molar-refractivity contribution is 14.1. The van der Waals surface area contributed by atoms with Gasteiger partial charge in [0.2, 0.25) is 0 Å². The van der Waals surface area contributed by atoms with Crippen molar-refractivity contribution in [3.63, 3.8) is 0 Å². The summed E-state index contributed by atoms with van der Waals surface area (Å²) in [5, 5.41) is 4.77. The molecule has 2 aromatic rings. The summed E-state index contributed by atoms with van der Waals surface area (Å²) in [5.74, 6) is -0.102. The van der Waals surface area contributed by atoms with E-state index in [1.54, 1.807) is 18.4 Å². The lowest BCUT2D eigenvalue weighted by atomic mass is 10.2. The topological polar surface area (TPSA) is 38.3 Å². The second-order valence-corrected chi connectivity index (χ2v) is 7.45. The number of nitrogens with one attached hydrogen (secondary N) is 1. The SMILES string of the molecule is COCc1c(Br)cccc1NC(=O)c1csc(I)c1. The third kappa shape index (κ3) is 3.77. The normalized spacial score (nSPS) is 10.5. The molecule has 0 saturated carbocycles. The highest BCUT2D eigenvalue weighted by atomic mass is 127. The van der Waals surface area contributed by atoms with E-state index in [0.29, 0.717) is 12.2 Å². The van der Waals surface area contributed by atoms with Crippen LogP contribution in [0.4, 0.5) is 5.69 Å². The molecular formula is C13H11BrINO2S. The van der Waals surface area contributed by atoms with Gasteiger partial charge in [0, 0.05) is 28.2 Å². The Hall–Kier alpha value is -0.440. The smallest absolute Gasteiger partial charge is 0.256 e. The van der Waals surface area contributed by atoms with Crippen LogP contribution in [0.3, 0.4) is 0 Å². The number of rotatable bonds is 4. The quantitative estimate of drug-likeness (QED) is 0.694. The van der Waals surface area contributed by atoms with E-state index in [0.717, 1.165) is 18.6 Å². The lowest BCUT2D eigenvalue weighted by molar-refractivity contribution is 0.102. The predicted molar refractivity (Wildman–Crippen MR) is 89.8 cm³/mol. The van der Waals surface area contributed by atoms with Crippen LogP contribution in [0.15, 0.2) is 34.1 Å². The largest absolute Gasteiger partial charge is 0.380 e. The lowest BCUT2D eigenvalue weighted by Crippen LogP contribution is -2.13. The fourth-order valence-corrected chi connectivity index (χ4v) is 3.40. The number of carbonyl (C=O) groups excluding carboxylic acids is 1. The van der Waals surface area contributed by atoms with Crippen LogP contribution >= 0.6 is 49.9 Å². The molecule has 0 spiro atoms. The maximum atomic E-state index is 12.1. The summed E-state index contributed by atoms with van der Waals surface area (Å²) in [4.78, 5) is 12.1. The number of hydrogen-bond donors (Lipinski definition) is 1. The van der Waals surface area contributed by atoms with Gasteiger partial charge in [-0.15, -0.1) is 11.3 Å². The number of hydrogen-bond acceptors (Lipinski definition) is 3. The average Bonchev–Trinajstić information content (AvgIpc) is 2.80. The van der Waals surface area contributed by atoms with Gasteiger partial charge in [0.15, 0.2) is 0 Å². The first-order chi connectivity index (χ1) is 9.11. The van der Waals surface area contributed by atoms with Crippen molar-refractivity contribution in [1.82, 2.24) is 0 Å². The van der Waals surface area contributed by atoms with E-state index in [9.17, 15) is 4.79 Å². The zero-order valence-electron chi connectivity index (χ0n) is 10.1. The summed E-state index contributed by atoms with van der Waals surface area (Å²) < 4.78 is 7.18. The van der Waals surface area contributed by atoms with Crippen molar-refractivity contribution in [2.45, 2.75) is 6.61 Å². The number of anilines is 1. The summed E-state index contributed by atoms with van der Waals surface area (Å²) in [6.45, 7) is 0.443. The van der Waals surface area contributed by atoms with E-state index < -0.39 is 0 Å². The molecule has 0 saturated heterocycles. The van der Waals surface area contributed by atoms with E-state index in [2.05, 4.69) is 43.8 Å². The zero-order valence-corrected chi connectivity index (χ0v) is 14.6. The van der Waals surface area contributed by atoms with Gasteiger partial charge in [0.05, 0.1) is 15.1 Å². The molecule has 0 aliphatic heterocycles. The van der Waals surface area contributed by atoms with Crippen molar-refractivity contribution in [1.29, 1.82) is 0 Å². The van der Waals surface area contributed by atoms with Gasteiger partial charge in [-0.05, 0) is 40.8 Å². The second kappa shape index (κ2) is 6.83. The fraction of sp³-hybridized carbons (Fsp3) is 0.154. The first-order valence-corrected chi connectivity index (χ1v) is 8.18. The van der Waals surface area contributed by atoms with Gasteiger partial charge >= 0.3 is 0 Å². The highest BCUT2D eigenvalue weighted by Gasteiger charge is 2.12. The Kier molecular flexibility index (Phi) is 5.37. The molecule has 0 unspecified atom stereocenters. The predicted octanol–water partition coefficient (Wildman–Crippen LogP) is 4.51. The molecular weight excluding hydrogens is 441 g/mol. The van der Waals surface area contributed by atoms with Crippen LogP contribution in [0.5, 0.6) is 0 Å². The van der Waals surface area contributed by atoms with Crippen molar-refractivity contribution in [2.75, 3.05) is 12.4 Å². The molecule has 1 heterocycles. The van der Waals surface area contributed by atoms with Gasteiger partial charge in [0.1, 0.15) is 0 Å². The summed E-state index contributed by atoms with van der Waals surface area (Å²) in [5.41, 5.74) is 2.38. The number of benzene rings is 1. The van der Waals surface area contributed by atoms with Gasteiger partial charge in [-0.25, -0.2) is 0 Å². The lowest BCUT2D eigenvalue weighted by Gasteiger charge is -2.11. The van der Waals surface area contributed by atoms with Crippen LogP contribution in [-0.2, 0) is 11.3 Å². The highest BCUT2D eigenvalue weighted by Crippen LogP contribution is 2.26. The second-order valence-electron chi connectivity index (χ2n) is 3.79. The molecule has 1 aromatic heterocycles. The molecule has 1 aromatic carbocycles. The molecule has 100 valence electrons. The maximum absolute atomic E-state index is 12.1. The van der Waals surface area contributed by atoms with Crippen LogP contribution in [0.1, 0.15) is 15.9 Å². The van der Waals surface area contributed by atoms with Crippen molar-refractivity contribution in [3.8, 4) is 0 Å². The van der Waals surface area contributed by atoms with Crippen LogP contribution in [0.2, 0.25) is 0 Å². The Bertz CT molecular complexity index is 600. The number of halogens is 2. The van der Waals surface area contributed by atoms with Crippen LogP contribution in [0.25, 0.3) is 0 Å². The summed E-state index contributed by atoms with van der Waals surface area (Å²) in [7, 11) is 1.63. The number of amides is 1. The minimum atomic E-state index is -0.102. The molecule has 0 fully saturated rings. The van der Waals surface area contributed by atoms with Gasteiger partial charge < -0.3 is 10.1 Å². The van der Waals surface area contributed by atoms with Gasteiger partial charge in [-0.1, -0.05) is 22.0 Å². The third-order valence-corrected chi connectivity index (χ3v) is 5.02. The van der Waals surface area contributed by atoms with E-state index in [1.807, 2.05) is 29.6 Å². The summed E-state index contributed by atoms with van der Waals surface area (Å²) in [6, 6.07) is 7.55. The number of methoxy groups -OCH3 is 1. The molecule has 0 radical (unpaired) electrons. The molecule has 3 nitrogen and oxygen atoms in total. The van der Waals surface area contributed by atoms with E-state index >= 15 is 0 Å². The van der Waals surface area contributed by atoms with Crippen molar-refractivity contribution in [2.24, 2.45) is 0 Å². The van der Waals surface area contributed by atoms with Crippen LogP contribution in [-0.4, -0.2) is 13.0 Å². The van der Waals surface area contributed by atoms with Crippen molar-refractivity contribution in [3.05, 3.63) is 48.1 Å².